The van der Waals surface area contributed by atoms with Gasteiger partial charge in [-0.05, 0) is 53.2 Å². The standard InChI is InChI=1S/C14H10Br2OS/c1-9(17)11-7-6-10(15)8-14(11)18-13-5-3-2-4-12(13)16/h2-8H,1H3. The van der Waals surface area contributed by atoms with Crippen LogP contribution in [0.1, 0.15) is 17.3 Å². The summed E-state index contributed by atoms with van der Waals surface area (Å²) < 4.78 is 2.01. The maximum Gasteiger partial charge on any atom is 0.160 e. The van der Waals surface area contributed by atoms with Crippen LogP contribution in [0.2, 0.25) is 0 Å². The fraction of sp³-hybridized carbons (Fsp3) is 0.0714. The summed E-state index contributed by atoms with van der Waals surface area (Å²) in [5.74, 6) is 0.0806. The lowest BCUT2D eigenvalue weighted by Crippen LogP contribution is -1.94. The van der Waals surface area contributed by atoms with Gasteiger partial charge in [0.2, 0.25) is 0 Å². The molecule has 0 saturated carbocycles. The Balaban J connectivity index is 2.42. The zero-order chi connectivity index (χ0) is 13.1. The monoisotopic (exact) mass is 384 g/mol. The fourth-order valence-electron chi connectivity index (χ4n) is 1.52. The first-order valence-corrected chi connectivity index (χ1v) is 7.71. The Bertz CT molecular complexity index is 596. The van der Waals surface area contributed by atoms with Crippen molar-refractivity contribution in [2.24, 2.45) is 0 Å². The number of halogens is 2. The normalized spacial score (nSPS) is 10.4. The lowest BCUT2D eigenvalue weighted by atomic mass is 10.1. The summed E-state index contributed by atoms with van der Waals surface area (Å²) in [6.45, 7) is 1.59. The van der Waals surface area contributed by atoms with Crippen molar-refractivity contribution >= 4 is 49.4 Å². The predicted molar refractivity (Wildman–Crippen MR) is 82.4 cm³/mol. The third-order valence-corrected chi connectivity index (χ3v) is 4.96. The van der Waals surface area contributed by atoms with Gasteiger partial charge in [0.05, 0.1) is 0 Å². The molecule has 0 N–H and O–H groups in total. The van der Waals surface area contributed by atoms with E-state index in [2.05, 4.69) is 31.9 Å². The van der Waals surface area contributed by atoms with Crippen LogP contribution in [-0.4, -0.2) is 5.78 Å². The molecule has 0 fully saturated rings. The number of hydrogen-bond acceptors (Lipinski definition) is 2. The number of Topliss-reactive ketones (excluding diaryl/α,β-unsaturated/α-hetero) is 1. The van der Waals surface area contributed by atoms with E-state index >= 15 is 0 Å². The first kappa shape index (κ1) is 13.8. The summed E-state index contributed by atoms with van der Waals surface area (Å²) in [7, 11) is 0. The molecule has 0 bridgehead atoms. The van der Waals surface area contributed by atoms with E-state index in [0.717, 1.165) is 24.3 Å². The SMILES string of the molecule is CC(=O)c1ccc(Br)cc1Sc1ccccc1Br. The van der Waals surface area contributed by atoms with Crippen molar-refractivity contribution in [2.45, 2.75) is 16.7 Å². The van der Waals surface area contributed by atoms with E-state index in [1.165, 1.54) is 0 Å². The second kappa shape index (κ2) is 6.04. The van der Waals surface area contributed by atoms with Crippen LogP contribution in [0.15, 0.2) is 61.2 Å². The molecule has 2 aromatic rings. The lowest BCUT2D eigenvalue weighted by molar-refractivity contribution is 0.101. The average Bonchev–Trinajstić information content (AvgIpc) is 2.32. The van der Waals surface area contributed by atoms with Crippen molar-refractivity contribution in [3.63, 3.8) is 0 Å². The van der Waals surface area contributed by atoms with Crippen LogP contribution in [0.4, 0.5) is 0 Å². The topological polar surface area (TPSA) is 17.1 Å². The molecule has 1 nitrogen and oxygen atoms in total. The van der Waals surface area contributed by atoms with Gasteiger partial charge < -0.3 is 0 Å². The Morgan fingerprint density at radius 2 is 1.78 bits per heavy atom. The number of hydrogen-bond donors (Lipinski definition) is 0. The summed E-state index contributed by atoms with van der Waals surface area (Å²) >= 11 is 8.54. The average molecular weight is 386 g/mol. The number of benzene rings is 2. The summed E-state index contributed by atoms with van der Waals surface area (Å²) in [6, 6.07) is 13.7. The third kappa shape index (κ3) is 3.25. The van der Waals surface area contributed by atoms with Crippen molar-refractivity contribution in [2.75, 3.05) is 0 Å². The highest BCUT2D eigenvalue weighted by Gasteiger charge is 2.10. The quantitative estimate of drug-likeness (QED) is 0.642. The van der Waals surface area contributed by atoms with Gasteiger partial charge >= 0.3 is 0 Å². The Morgan fingerprint density at radius 3 is 2.44 bits per heavy atom. The van der Waals surface area contributed by atoms with Crippen LogP contribution in [-0.2, 0) is 0 Å². The molecule has 0 radical (unpaired) electrons. The van der Waals surface area contributed by atoms with Crippen molar-refractivity contribution in [3.8, 4) is 0 Å². The summed E-state index contributed by atoms with van der Waals surface area (Å²) in [5, 5.41) is 0. The maximum absolute atomic E-state index is 11.6. The molecular weight excluding hydrogens is 376 g/mol. The first-order chi connectivity index (χ1) is 8.58. The van der Waals surface area contributed by atoms with Gasteiger partial charge in [0.15, 0.2) is 5.78 Å². The lowest BCUT2D eigenvalue weighted by Gasteiger charge is -2.08. The van der Waals surface area contributed by atoms with Crippen LogP contribution >= 0.6 is 43.6 Å². The van der Waals surface area contributed by atoms with Crippen molar-refractivity contribution in [1.29, 1.82) is 0 Å². The molecule has 0 aliphatic heterocycles. The summed E-state index contributed by atoms with van der Waals surface area (Å²) in [4.78, 5) is 13.7. The molecule has 0 aromatic heterocycles. The van der Waals surface area contributed by atoms with Crippen LogP contribution in [0.3, 0.4) is 0 Å². The molecule has 92 valence electrons. The molecule has 0 aliphatic carbocycles. The van der Waals surface area contributed by atoms with Crippen molar-refractivity contribution in [3.05, 3.63) is 57.0 Å². The van der Waals surface area contributed by atoms with Crippen molar-refractivity contribution in [1.82, 2.24) is 0 Å². The van der Waals surface area contributed by atoms with Gasteiger partial charge in [-0.15, -0.1) is 0 Å². The maximum atomic E-state index is 11.6. The van der Waals surface area contributed by atoms with Gasteiger partial charge in [0, 0.05) is 24.3 Å². The third-order valence-electron chi connectivity index (χ3n) is 2.38. The molecule has 0 atom stereocenters. The minimum atomic E-state index is 0.0806. The van der Waals surface area contributed by atoms with E-state index in [1.807, 2.05) is 42.5 Å². The van der Waals surface area contributed by atoms with Gasteiger partial charge in [-0.1, -0.05) is 39.8 Å². The van der Waals surface area contributed by atoms with Gasteiger partial charge in [-0.25, -0.2) is 0 Å². The van der Waals surface area contributed by atoms with E-state index in [4.69, 9.17) is 0 Å². The fourth-order valence-corrected chi connectivity index (χ4v) is 3.61. The highest BCUT2D eigenvalue weighted by atomic mass is 79.9. The molecule has 18 heavy (non-hydrogen) atoms. The highest BCUT2D eigenvalue weighted by molar-refractivity contribution is 9.10. The molecule has 0 saturated heterocycles. The van der Waals surface area contributed by atoms with Gasteiger partial charge in [0.1, 0.15) is 0 Å². The zero-order valence-electron chi connectivity index (χ0n) is 9.61. The Labute approximate surface area is 127 Å². The molecule has 2 aromatic carbocycles. The van der Waals surface area contributed by atoms with Crippen molar-refractivity contribution < 1.29 is 4.79 Å². The van der Waals surface area contributed by atoms with Crippen LogP contribution in [0.25, 0.3) is 0 Å². The van der Waals surface area contributed by atoms with Crippen LogP contribution in [0.5, 0.6) is 0 Å². The minimum Gasteiger partial charge on any atom is -0.294 e. The number of rotatable bonds is 3. The number of carbonyl (C=O) groups excluding carboxylic acids is 1. The van der Waals surface area contributed by atoms with E-state index in [1.54, 1.807) is 18.7 Å². The first-order valence-electron chi connectivity index (χ1n) is 5.31. The van der Waals surface area contributed by atoms with Crippen LogP contribution < -0.4 is 0 Å². The molecule has 2 rings (SSSR count). The molecule has 0 aliphatic rings. The van der Waals surface area contributed by atoms with Gasteiger partial charge in [-0.2, -0.15) is 0 Å². The molecule has 0 spiro atoms. The molecular formula is C14H10Br2OS. The zero-order valence-corrected chi connectivity index (χ0v) is 13.6. The van der Waals surface area contributed by atoms with Gasteiger partial charge in [-0.3, -0.25) is 4.79 Å². The molecule has 0 heterocycles. The van der Waals surface area contributed by atoms with E-state index in [-0.39, 0.29) is 5.78 Å². The Kier molecular flexibility index (Phi) is 4.65. The molecule has 0 amide bonds. The molecule has 0 unspecified atom stereocenters. The smallest absolute Gasteiger partial charge is 0.160 e. The van der Waals surface area contributed by atoms with E-state index in [9.17, 15) is 4.79 Å². The van der Waals surface area contributed by atoms with E-state index in [0.29, 0.717) is 0 Å². The second-order valence-electron chi connectivity index (χ2n) is 3.73. The van der Waals surface area contributed by atoms with E-state index < -0.39 is 0 Å². The minimum absolute atomic E-state index is 0.0806. The Hall–Kier alpha value is -0.580. The largest absolute Gasteiger partial charge is 0.294 e. The van der Waals surface area contributed by atoms with Gasteiger partial charge in [0.25, 0.3) is 0 Å². The summed E-state index contributed by atoms with van der Waals surface area (Å²) in [6.07, 6.45) is 0. The number of ketones is 1. The van der Waals surface area contributed by atoms with Crippen LogP contribution in [0, 0.1) is 0 Å². The predicted octanol–water partition coefficient (Wildman–Crippen LogP) is 5.57. The summed E-state index contributed by atoms with van der Waals surface area (Å²) in [5.41, 5.74) is 0.749. The second-order valence-corrected chi connectivity index (χ2v) is 6.58. The highest BCUT2D eigenvalue weighted by Crippen LogP contribution is 2.36. The Morgan fingerprint density at radius 1 is 1.06 bits per heavy atom. The number of carbonyl (C=O) groups is 1. The molecule has 4 heteroatoms.